The molecule has 0 atom stereocenters. The number of hydrogen-bond donors (Lipinski definition) is 1. The van der Waals surface area contributed by atoms with Crippen molar-refractivity contribution in [1.29, 1.82) is 0 Å². The molecule has 0 amide bonds. The van der Waals surface area contributed by atoms with Crippen molar-refractivity contribution in [3.63, 3.8) is 0 Å². The van der Waals surface area contributed by atoms with Gasteiger partial charge in [0.2, 0.25) is 0 Å². The van der Waals surface area contributed by atoms with Crippen LogP contribution in [0.3, 0.4) is 0 Å². The number of fused-ring (bicyclic) bond motifs is 1. The Hall–Kier alpha value is -1.33. The van der Waals surface area contributed by atoms with Crippen molar-refractivity contribution in [1.82, 2.24) is 4.98 Å². The van der Waals surface area contributed by atoms with Crippen molar-refractivity contribution in [2.45, 2.75) is 6.54 Å². The molecule has 0 bridgehead atoms. The van der Waals surface area contributed by atoms with Crippen molar-refractivity contribution >= 4 is 44.1 Å². The molecule has 3 aromatic rings. The molecule has 0 aliphatic carbocycles. The molecule has 5 heteroatoms. The largest absolute Gasteiger partial charge is 0.464 e. The number of rotatable bonds is 3. The van der Waals surface area contributed by atoms with Crippen LogP contribution in [-0.2, 0) is 6.54 Å². The topological polar surface area (TPSA) is 38.1 Å². The van der Waals surface area contributed by atoms with Gasteiger partial charge in [-0.25, -0.2) is 4.98 Å². The third kappa shape index (κ3) is 2.21. The van der Waals surface area contributed by atoms with Crippen LogP contribution < -0.4 is 5.32 Å². The van der Waals surface area contributed by atoms with Crippen molar-refractivity contribution in [2.24, 2.45) is 0 Å². The quantitative estimate of drug-likeness (QED) is 0.785. The van der Waals surface area contributed by atoms with Crippen LogP contribution in [0.25, 0.3) is 11.0 Å². The van der Waals surface area contributed by atoms with Crippen molar-refractivity contribution in [2.75, 3.05) is 5.32 Å². The van der Waals surface area contributed by atoms with Gasteiger partial charge in [0.05, 0.1) is 18.2 Å². The van der Waals surface area contributed by atoms with E-state index in [0.29, 0.717) is 0 Å². The van der Waals surface area contributed by atoms with Gasteiger partial charge in [0.25, 0.3) is 0 Å². The summed E-state index contributed by atoms with van der Waals surface area (Å²) in [4.78, 5) is 5.59. The highest BCUT2D eigenvalue weighted by molar-refractivity contribution is 9.10. The van der Waals surface area contributed by atoms with Gasteiger partial charge in [-0.1, -0.05) is 0 Å². The summed E-state index contributed by atoms with van der Waals surface area (Å²) >= 11 is 5.16. The van der Waals surface area contributed by atoms with E-state index in [4.69, 9.17) is 4.42 Å². The molecule has 0 aliphatic heterocycles. The molecular weight excluding hydrogens is 300 g/mol. The van der Waals surface area contributed by atoms with E-state index < -0.39 is 0 Å². The normalized spacial score (nSPS) is 10.9. The van der Waals surface area contributed by atoms with Crippen LogP contribution >= 0.6 is 27.3 Å². The molecule has 3 aromatic heterocycles. The summed E-state index contributed by atoms with van der Waals surface area (Å²) in [6.45, 7) is 0.771. The van der Waals surface area contributed by atoms with Crippen LogP contribution in [0, 0.1) is 0 Å². The molecule has 0 fully saturated rings. The van der Waals surface area contributed by atoms with E-state index in [-0.39, 0.29) is 0 Å². The summed E-state index contributed by atoms with van der Waals surface area (Å²) in [6, 6.07) is 5.89. The molecule has 0 unspecified atom stereocenters. The average Bonchev–Trinajstić information content (AvgIpc) is 2.94. The summed E-state index contributed by atoms with van der Waals surface area (Å²) in [5.41, 5.74) is 0.856. The number of pyridine rings is 1. The van der Waals surface area contributed by atoms with Gasteiger partial charge < -0.3 is 9.73 Å². The van der Waals surface area contributed by atoms with Gasteiger partial charge in [-0.15, -0.1) is 11.3 Å². The highest BCUT2D eigenvalue weighted by atomic mass is 79.9. The lowest BCUT2D eigenvalue weighted by molar-refractivity contribution is 0.615. The van der Waals surface area contributed by atoms with E-state index in [9.17, 15) is 0 Å². The fraction of sp³-hybridized carbons (Fsp3) is 0.0833. The minimum absolute atomic E-state index is 0.771. The molecule has 0 saturated carbocycles. The first-order valence-electron chi connectivity index (χ1n) is 5.12. The maximum absolute atomic E-state index is 5.33. The molecule has 17 heavy (non-hydrogen) atoms. The maximum Gasteiger partial charge on any atom is 0.139 e. The first-order valence-corrected chi connectivity index (χ1v) is 6.79. The molecule has 3 rings (SSSR count). The fourth-order valence-corrected chi connectivity index (χ4v) is 3.04. The third-order valence-electron chi connectivity index (χ3n) is 2.43. The fourth-order valence-electron chi connectivity index (χ4n) is 1.65. The van der Waals surface area contributed by atoms with Gasteiger partial charge in [-0.2, -0.15) is 0 Å². The van der Waals surface area contributed by atoms with Crippen LogP contribution in [0.1, 0.15) is 4.88 Å². The molecule has 0 aromatic carbocycles. The zero-order chi connectivity index (χ0) is 11.7. The molecular formula is C12H9BrN2OS. The molecule has 0 radical (unpaired) electrons. The Morgan fingerprint density at radius 2 is 2.35 bits per heavy atom. The van der Waals surface area contributed by atoms with Crippen LogP contribution in [0.2, 0.25) is 0 Å². The van der Waals surface area contributed by atoms with Crippen molar-refractivity contribution in [3.8, 4) is 0 Å². The van der Waals surface area contributed by atoms with E-state index in [0.717, 1.165) is 27.8 Å². The Kier molecular flexibility index (Phi) is 2.86. The van der Waals surface area contributed by atoms with Gasteiger partial charge in [-0.05, 0) is 34.1 Å². The monoisotopic (exact) mass is 308 g/mol. The van der Waals surface area contributed by atoms with Gasteiger partial charge in [0, 0.05) is 20.9 Å². The molecule has 3 nitrogen and oxygen atoms in total. The van der Waals surface area contributed by atoms with Crippen LogP contribution in [0.4, 0.5) is 5.82 Å². The second-order valence-electron chi connectivity index (χ2n) is 3.58. The number of anilines is 1. The van der Waals surface area contributed by atoms with Crippen LogP contribution in [-0.4, -0.2) is 4.98 Å². The number of furan rings is 1. The summed E-state index contributed by atoms with van der Waals surface area (Å²) < 4.78 is 6.45. The van der Waals surface area contributed by atoms with E-state index in [2.05, 4.69) is 37.7 Å². The van der Waals surface area contributed by atoms with Gasteiger partial charge in [0.15, 0.2) is 0 Å². The van der Waals surface area contributed by atoms with E-state index in [1.165, 1.54) is 4.88 Å². The Morgan fingerprint density at radius 3 is 3.18 bits per heavy atom. The Labute approximate surface area is 111 Å². The van der Waals surface area contributed by atoms with Crippen molar-refractivity contribution in [3.05, 3.63) is 45.4 Å². The Balaban J connectivity index is 1.83. The lowest BCUT2D eigenvalue weighted by Gasteiger charge is -2.04. The van der Waals surface area contributed by atoms with E-state index >= 15 is 0 Å². The summed E-state index contributed by atoms with van der Waals surface area (Å²) in [6.07, 6.45) is 3.43. The molecule has 0 saturated heterocycles. The number of hydrogen-bond acceptors (Lipinski definition) is 4. The van der Waals surface area contributed by atoms with Gasteiger partial charge in [0.1, 0.15) is 11.4 Å². The predicted molar refractivity (Wildman–Crippen MR) is 73.4 cm³/mol. The summed E-state index contributed by atoms with van der Waals surface area (Å²) in [7, 11) is 0. The first-order chi connectivity index (χ1) is 8.33. The first kappa shape index (κ1) is 10.8. The Morgan fingerprint density at radius 1 is 1.41 bits per heavy atom. The number of nitrogens with one attached hydrogen (secondary N) is 1. The second-order valence-corrected chi connectivity index (χ2v) is 5.49. The van der Waals surface area contributed by atoms with E-state index in [1.807, 2.05) is 12.1 Å². The smallest absolute Gasteiger partial charge is 0.139 e. The van der Waals surface area contributed by atoms with Crippen LogP contribution in [0.5, 0.6) is 0 Å². The highest BCUT2D eigenvalue weighted by Crippen LogP contribution is 2.24. The highest BCUT2D eigenvalue weighted by Gasteiger charge is 2.04. The van der Waals surface area contributed by atoms with E-state index in [1.54, 1.807) is 23.8 Å². The zero-order valence-electron chi connectivity index (χ0n) is 8.81. The molecule has 0 spiro atoms. The maximum atomic E-state index is 5.33. The predicted octanol–water partition coefficient (Wildman–Crippen LogP) is 4.26. The molecule has 0 aliphatic rings. The summed E-state index contributed by atoms with van der Waals surface area (Å²) in [5.74, 6) is 0.862. The lowest BCUT2D eigenvalue weighted by Crippen LogP contribution is -1.99. The molecule has 1 N–H and O–H groups in total. The number of thiophene rings is 1. The minimum Gasteiger partial charge on any atom is -0.464 e. The SMILES string of the molecule is Brc1csc(CNc2nccc3occc23)c1. The Bertz CT molecular complexity index is 647. The third-order valence-corrected chi connectivity index (χ3v) is 4.13. The van der Waals surface area contributed by atoms with Crippen LogP contribution in [0.15, 0.2) is 44.9 Å². The van der Waals surface area contributed by atoms with Gasteiger partial charge in [-0.3, -0.25) is 0 Å². The average molecular weight is 309 g/mol. The summed E-state index contributed by atoms with van der Waals surface area (Å²) in [5, 5.41) is 6.41. The minimum atomic E-state index is 0.771. The number of nitrogens with zero attached hydrogens (tertiary/aromatic N) is 1. The lowest BCUT2D eigenvalue weighted by atomic mass is 10.3. The number of aromatic nitrogens is 1. The molecule has 3 heterocycles. The van der Waals surface area contributed by atoms with Gasteiger partial charge >= 0.3 is 0 Å². The standard InChI is InChI=1S/C12H9BrN2OS/c13-8-5-9(17-7-8)6-15-12-10-2-4-16-11(10)1-3-14-12/h1-5,7H,6H2,(H,14,15). The zero-order valence-corrected chi connectivity index (χ0v) is 11.2. The van der Waals surface area contributed by atoms with Crippen molar-refractivity contribution < 1.29 is 4.42 Å². The molecule has 86 valence electrons. The number of halogens is 1. The second kappa shape index (κ2) is 4.50.